The molecule has 0 radical (unpaired) electrons. The number of carbonyl (C=O) groups excluding carboxylic acids is 2. The van der Waals surface area contributed by atoms with Crippen molar-refractivity contribution in [3.63, 3.8) is 0 Å². The molecule has 0 spiro atoms. The van der Waals surface area contributed by atoms with Crippen LogP contribution in [0.2, 0.25) is 5.02 Å². The Morgan fingerprint density at radius 2 is 1.40 bits per heavy atom. The van der Waals surface area contributed by atoms with Crippen LogP contribution >= 0.6 is 11.6 Å². The summed E-state index contributed by atoms with van der Waals surface area (Å²) < 4.78 is 29.5. The Morgan fingerprint density at radius 1 is 0.800 bits per heavy atom. The lowest BCUT2D eigenvalue weighted by Crippen LogP contribution is -2.54. The second-order valence-electron chi connectivity index (χ2n) is 11.5. The molecule has 0 aliphatic heterocycles. The first kappa shape index (κ1) is 33.7. The topological polar surface area (TPSA) is 86.8 Å². The van der Waals surface area contributed by atoms with Crippen LogP contribution in [-0.4, -0.2) is 44.3 Å². The molecule has 236 valence electrons. The number of para-hydroxylation sites is 1. The average Bonchev–Trinajstić information content (AvgIpc) is 3.02. The minimum Gasteiger partial charge on any atom is -0.354 e. The molecule has 2 amide bonds. The monoisotopic (exact) mass is 645 g/mol. The Labute approximate surface area is 271 Å². The van der Waals surface area contributed by atoms with Crippen molar-refractivity contribution >= 4 is 39.1 Å². The van der Waals surface area contributed by atoms with Crippen LogP contribution in [0, 0.1) is 19.8 Å². The van der Waals surface area contributed by atoms with Crippen LogP contribution in [-0.2, 0) is 32.6 Å². The largest absolute Gasteiger partial charge is 0.354 e. The molecular weight excluding hydrogens is 606 g/mol. The van der Waals surface area contributed by atoms with Gasteiger partial charge in [0.15, 0.2) is 0 Å². The van der Waals surface area contributed by atoms with Crippen molar-refractivity contribution in [2.45, 2.75) is 51.6 Å². The van der Waals surface area contributed by atoms with Gasteiger partial charge in [-0.2, -0.15) is 0 Å². The van der Waals surface area contributed by atoms with E-state index in [-0.39, 0.29) is 29.7 Å². The molecule has 0 aliphatic carbocycles. The van der Waals surface area contributed by atoms with E-state index in [1.807, 2.05) is 81.4 Å². The molecule has 0 heterocycles. The third-order valence-electron chi connectivity index (χ3n) is 7.62. The van der Waals surface area contributed by atoms with Crippen LogP contribution in [0.3, 0.4) is 0 Å². The number of hydrogen-bond acceptors (Lipinski definition) is 4. The predicted molar refractivity (Wildman–Crippen MR) is 181 cm³/mol. The van der Waals surface area contributed by atoms with Crippen LogP contribution in [0.5, 0.6) is 0 Å². The molecule has 4 aromatic carbocycles. The maximum absolute atomic E-state index is 14.6. The summed E-state index contributed by atoms with van der Waals surface area (Å²) in [6.07, 6.45) is 0.261. The fourth-order valence-corrected chi connectivity index (χ4v) is 6.64. The summed E-state index contributed by atoms with van der Waals surface area (Å²) in [6.45, 7) is 7.82. The zero-order valence-corrected chi connectivity index (χ0v) is 27.7. The van der Waals surface area contributed by atoms with E-state index in [1.165, 1.54) is 29.2 Å². The van der Waals surface area contributed by atoms with E-state index in [2.05, 4.69) is 5.32 Å². The molecule has 0 aliphatic rings. The second-order valence-corrected chi connectivity index (χ2v) is 13.8. The van der Waals surface area contributed by atoms with E-state index in [4.69, 9.17) is 11.6 Å². The van der Waals surface area contributed by atoms with Crippen molar-refractivity contribution in [2.75, 3.05) is 17.4 Å². The smallest absolute Gasteiger partial charge is 0.264 e. The Morgan fingerprint density at radius 3 is 2.02 bits per heavy atom. The summed E-state index contributed by atoms with van der Waals surface area (Å²) in [4.78, 5) is 30.0. The summed E-state index contributed by atoms with van der Waals surface area (Å²) >= 11 is 6.07. The van der Waals surface area contributed by atoms with Gasteiger partial charge in [-0.25, -0.2) is 8.42 Å². The summed E-state index contributed by atoms with van der Waals surface area (Å²) in [7, 11) is -4.20. The van der Waals surface area contributed by atoms with Crippen molar-refractivity contribution in [3.05, 3.63) is 130 Å². The zero-order valence-electron chi connectivity index (χ0n) is 26.1. The molecule has 1 N–H and O–H groups in total. The number of amides is 2. The van der Waals surface area contributed by atoms with Gasteiger partial charge in [0.25, 0.3) is 10.0 Å². The highest BCUT2D eigenvalue weighted by Crippen LogP contribution is 2.28. The third kappa shape index (κ3) is 8.74. The molecule has 0 saturated carbocycles. The van der Waals surface area contributed by atoms with Crippen LogP contribution in [0.15, 0.2) is 108 Å². The predicted octanol–water partition coefficient (Wildman–Crippen LogP) is 6.56. The van der Waals surface area contributed by atoms with Gasteiger partial charge in [0, 0.05) is 24.5 Å². The van der Waals surface area contributed by atoms with Gasteiger partial charge in [-0.1, -0.05) is 98.2 Å². The van der Waals surface area contributed by atoms with E-state index >= 15 is 0 Å². The first-order valence-electron chi connectivity index (χ1n) is 15.0. The van der Waals surface area contributed by atoms with Gasteiger partial charge in [-0.3, -0.25) is 13.9 Å². The van der Waals surface area contributed by atoms with Crippen molar-refractivity contribution in [1.29, 1.82) is 0 Å². The fourth-order valence-electron chi connectivity index (χ4n) is 5.04. The highest BCUT2D eigenvalue weighted by atomic mass is 35.5. The van der Waals surface area contributed by atoms with Gasteiger partial charge in [0.2, 0.25) is 11.8 Å². The quantitative estimate of drug-likeness (QED) is 0.178. The summed E-state index contributed by atoms with van der Waals surface area (Å²) in [5.41, 5.74) is 3.77. The van der Waals surface area contributed by atoms with Gasteiger partial charge >= 0.3 is 0 Å². The molecule has 0 unspecified atom stereocenters. The summed E-state index contributed by atoms with van der Waals surface area (Å²) in [6, 6.07) is 29.2. The lowest BCUT2D eigenvalue weighted by molar-refractivity contribution is -0.140. The second kappa shape index (κ2) is 15.2. The summed E-state index contributed by atoms with van der Waals surface area (Å²) in [5, 5.41) is 3.41. The highest BCUT2D eigenvalue weighted by Gasteiger charge is 2.35. The Hall–Kier alpha value is -4.14. The minimum absolute atomic E-state index is 0.00363. The van der Waals surface area contributed by atoms with Crippen molar-refractivity contribution in [3.8, 4) is 0 Å². The van der Waals surface area contributed by atoms with Crippen LogP contribution in [0.1, 0.15) is 36.1 Å². The Balaban J connectivity index is 1.81. The first-order chi connectivity index (χ1) is 21.5. The van der Waals surface area contributed by atoms with E-state index in [0.29, 0.717) is 22.8 Å². The number of anilines is 1. The molecule has 1 atom stereocenters. The minimum atomic E-state index is -4.20. The molecular formula is C36H40ClN3O4S. The molecule has 4 rings (SSSR count). The van der Waals surface area contributed by atoms with Crippen molar-refractivity contribution < 1.29 is 18.0 Å². The number of carbonyl (C=O) groups is 2. The van der Waals surface area contributed by atoms with Gasteiger partial charge < -0.3 is 10.2 Å². The number of hydrogen-bond donors (Lipinski definition) is 1. The third-order valence-corrected chi connectivity index (χ3v) is 9.65. The van der Waals surface area contributed by atoms with E-state index < -0.39 is 28.5 Å². The molecule has 9 heteroatoms. The number of halogens is 1. The lowest BCUT2D eigenvalue weighted by atomic mass is 10.0. The SMILES string of the molecule is Cc1ccccc1CN(C(=O)CN(c1ccccc1C)S(=O)(=O)c1ccc(Cl)cc1)[C@H](Cc1ccccc1)C(=O)NCC(C)C. The van der Waals surface area contributed by atoms with E-state index in [0.717, 1.165) is 21.0 Å². The van der Waals surface area contributed by atoms with Gasteiger partial charge in [0.1, 0.15) is 12.6 Å². The van der Waals surface area contributed by atoms with Crippen LogP contribution in [0.25, 0.3) is 0 Å². The molecule has 0 bridgehead atoms. The molecule has 7 nitrogen and oxygen atoms in total. The van der Waals surface area contributed by atoms with Crippen LogP contribution < -0.4 is 9.62 Å². The number of aryl methyl sites for hydroxylation is 2. The molecule has 45 heavy (non-hydrogen) atoms. The number of benzene rings is 4. The molecule has 4 aromatic rings. The summed E-state index contributed by atoms with van der Waals surface area (Å²) in [5.74, 6) is -0.593. The lowest BCUT2D eigenvalue weighted by Gasteiger charge is -2.34. The van der Waals surface area contributed by atoms with Gasteiger partial charge in [-0.15, -0.1) is 0 Å². The molecule has 0 fully saturated rings. The normalized spacial score (nSPS) is 12.0. The maximum atomic E-state index is 14.6. The Bertz CT molecular complexity index is 1710. The molecule has 0 saturated heterocycles. The van der Waals surface area contributed by atoms with Crippen molar-refractivity contribution in [1.82, 2.24) is 10.2 Å². The van der Waals surface area contributed by atoms with Crippen molar-refractivity contribution in [2.24, 2.45) is 5.92 Å². The molecule has 0 aromatic heterocycles. The number of sulfonamides is 1. The van der Waals surface area contributed by atoms with Gasteiger partial charge in [0.05, 0.1) is 10.6 Å². The number of nitrogens with zero attached hydrogens (tertiary/aromatic N) is 2. The first-order valence-corrected chi connectivity index (χ1v) is 16.8. The fraction of sp³-hybridized carbons (Fsp3) is 0.278. The number of rotatable bonds is 13. The maximum Gasteiger partial charge on any atom is 0.264 e. The van der Waals surface area contributed by atoms with Gasteiger partial charge in [-0.05, 0) is 72.4 Å². The standard InChI is InChI=1S/C36H40ClN3O4S/c1-26(2)23-38-36(42)34(22-29-14-6-5-7-15-29)39(24-30-16-10-8-12-27(30)3)35(41)25-40(33-17-11-9-13-28(33)4)45(43,44)32-20-18-31(37)19-21-32/h5-21,26,34H,22-25H2,1-4H3,(H,38,42)/t34-/m1/s1. The van der Waals surface area contributed by atoms with E-state index in [9.17, 15) is 18.0 Å². The van der Waals surface area contributed by atoms with Crippen LogP contribution in [0.4, 0.5) is 5.69 Å². The van der Waals surface area contributed by atoms with E-state index in [1.54, 1.807) is 25.1 Å². The zero-order chi connectivity index (χ0) is 32.6. The number of nitrogens with one attached hydrogen (secondary N) is 1. The highest BCUT2D eigenvalue weighted by molar-refractivity contribution is 7.92. The average molecular weight is 646 g/mol. The Kier molecular flexibility index (Phi) is 11.4.